The Morgan fingerprint density at radius 2 is 1.54 bits per heavy atom. The second-order valence-corrected chi connectivity index (χ2v) is 7.11. The van der Waals surface area contributed by atoms with Crippen LogP contribution in [0.4, 0.5) is 0 Å². The SMILES string of the molecule is Cc1ccccc1CNC(=O)[C@H](CC(C)C)NC(=O)c1ccccc1C. The van der Waals surface area contributed by atoms with E-state index in [1.165, 1.54) is 0 Å². The van der Waals surface area contributed by atoms with Gasteiger partial charge in [0.2, 0.25) is 5.91 Å². The lowest BCUT2D eigenvalue weighted by molar-refractivity contribution is -0.123. The molecule has 2 N–H and O–H groups in total. The number of carbonyl (C=O) groups is 2. The summed E-state index contributed by atoms with van der Waals surface area (Å²) in [6, 6.07) is 14.8. The first-order valence-corrected chi connectivity index (χ1v) is 9.07. The molecule has 26 heavy (non-hydrogen) atoms. The van der Waals surface area contributed by atoms with Gasteiger partial charge in [-0.15, -0.1) is 0 Å². The lowest BCUT2D eigenvalue weighted by atomic mass is 10.0. The van der Waals surface area contributed by atoms with Crippen molar-refractivity contribution in [2.24, 2.45) is 5.92 Å². The van der Waals surface area contributed by atoms with Gasteiger partial charge in [-0.05, 0) is 48.9 Å². The molecule has 0 saturated heterocycles. The molecule has 138 valence electrons. The Morgan fingerprint density at radius 3 is 2.15 bits per heavy atom. The third-order valence-corrected chi connectivity index (χ3v) is 4.43. The fraction of sp³-hybridized carbons (Fsp3) is 0.364. The van der Waals surface area contributed by atoms with Crippen LogP contribution >= 0.6 is 0 Å². The zero-order valence-corrected chi connectivity index (χ0v) is 16.0. The molecule has 0 radical (unpaired) electrons. The molecule has 1 atom stereocenters. The average Bonchev–Trinajstić information content (AvgIpc) is 2.60. The first-order valence-electron chi connectivity index (χ1n) is 9.07. The third kappa shape index (κ3) is 5.45. The van der Waals surface area contributed by atoms with E-state index < -0.39 is 6.04 Å². The smallest absolute Gasteiger partial charge is 0.252 e. The Bertz CT molecular complexity index is 768. The second kappa shape index (κ2) is 9.18. The molecule has 2 rings (SSSR count). The summed E-state index contributed by atoms with van der Waals surface area (Å²) in [7, 11) is 0. The normalized spacial score (nSPS) is 11.9. The molecule has 2 aromatic carbocycles. The molecule has 0 fully saturated rings. The van der Waals surface area contributed by atoms with E-state index in [2.05, 4.69) is 10.6 Å². The molecule has 0 aliphatic heterocycles. The summed E-state index contributed by atoms with van der Waals surface area (Å²) in [5.41, 5.74) is 3.72. The molecule has 0 unspecified atom stereocenters. The zero-order valence-electron chi connectivity index (χ0n) is 16.0. The van der Waals surface area contributed by atoms with Crippen molar-refractivity contribution in [2.75, 3.05) is 0 Å². The van der Waals surface area contributed by atoms with Crippen LogP contribution in [0.15, 0.2) is 48.5 Å². The van der Waals surface area contributed by atoms with Crippen molar-refractivity contribution in [1.29, 1.82) is 0 Å². The summed E-state index contributed by atoms with van der Waals surface area (Å²) in [6.45, 7) is 8.46. The Kier molecular flexibility index (Phi) is 6.96. The van der Waals surface area contributed by atoms with E-state index in [4.69, 9.17) is 0 Å². The molecule has 0 bridgehead atoms. The average molecular weight is 352 g/mol. The molecule has 0 aliphatic rings. The predicted octanol–water partition coefficient (Wildman–Crippen LogP) is 3.76. The highest BCUT2D eigenvalue weighted by Gasteiger charge is 2.23. The van der Waals surface area contributed by atoms with Crippen LogP contribution < -0.4 is 10.6 Å². The van der Waals surface area contributed by atoms with E-state index in [0.717, 1.165) is 16.7 Å². The van der Waals surface area contributed by atoms with Crippen molar-refractivity contribution in [3.8, 4) is 0 Å². The van der Waals surface area contributed by atoms with Gasteiger partial charge >= 0.3 is 0 Å². The number of amides is 2. The Hall–Kier alpha value is -2.62. The molecule has 0 spiro atoms. The van der Waals surface area contributed by atoms with Gasteiger partial charge in [0.15, 0.2) is 0 Å². The van der Waals surface area contributed by atoms with Crippen molar-refractivity contribution >= 4 is 11.8 Å². The number of carbonyl (C=O) groups excluding carboxylic acids is 2. The summed E-state index contributed by atoms with van der Waals surface area (Å²) < 4.78 is 0. The van der Waals surface area contributed by atoms with Crippen LogP contribution in [0.3, 0.4) is 0 Å². The summed E-state index contributed by atoms with van der Waals surface area (Å²) in [5, 5.41) is 5.87. The molecular formula is C22H28N2O2. The van der Waals surface area contributed by atoms with Gasteiger partial charge in [0.05, 0.1) is 0 Å². The summed E-state index contributed by atoms with van der Waals surface area (Å²) in [4.78, 5) is 25.3. The lowest BCUT2D eigenvalue weighted by Gasteiger charge is -2.21. The molecular weight excluding hydrogens is 324 g/mol. The third-order valence-electron chi connectivity index (χ3n) is 4.43. The highest BCUT2D eigenvalue weighted by Crippen LogP contribution is 2.11. The highest BCUT2D eigenvalue weighted by molar-refractivity contribution is 5.98. The monoisotopic (exact) mass is 352 g/mol. The van der Waals surface area contributed by atoms with Gasteiger partial charge in [-0.25, -0.2) is 0 Å². The molecule has 0 aliphatic carbocycles. The fourth-order valence-electron chi connectivity index (χ4n) is 2.88. The number of hydrogen-bond donors (Lipinski definition) is 2. The van der Waals surface area contributed by atoms with Gasteiger partial charge < -0.3 is 10.6 Å². The van der Waals surface area contributed by atoms with Gasteiger partial charge in [0, 0.05) is 12.1 Å². The second-order valence-electron chi connectivity index (χ2n) is 7.11. The molecule has 4 heteroatoms. The highest BCUT2D eigenvalue weighted by atomic mass is 16.2. The minimum absolute atomic E-state index is 0.149. The van der Waals surface area contributed by atoms with Crippen molar-refractivity contribution in [1.82, 2.24) is 10.6 Å². The van der Waals surface area contributed by atoms with E-state index in [-0.39, 0.29) is 11.8 Å². The number of nitrogens with one attached hydrogen (secondary N) is 2. The summed E-state index contributed by atoms with van der Waals surface area (Å²) in [6.07, 6.45) is 0.594. The number of aryl methyl sites for hydroxylation is 2. The Labute approximate surface area is 156 Å². The molecule has 0 saturated carbocycles. The summed E-state index contributed by atoms with van der Waals surface area (Å²) >= 11 is 0. The van der Waals surface area contributed by atoms with Gasteiger partial charge in [-0.1, -0.05) is 56.3 Å². The molecule has 0 heterocycles. The topological polar surface area (TPSA) is 58.2 Å². The van der Waals surface area contributed by atoms with Crippen LogP contribution in [0.25, 0.3) is 0 Å². The number of benzene rings is 2. The number of rotatable bonds is 7. The maximum Gasteiger partial charge on any atom is 0.252 e. The van der Waals surface area contributed by atoms with Crippen molar-refractivity contribution in [3.05, 3.63) is 70.8 Å². The maximum atomic E-state index is 12.7. The van der Waals surface area contributed by atoms with Crippen molar-refractivity contribution in [2.45, 2.75) is 46.7 Å². The van der Waals surface area contributed by atoms with E-state index in [1.807, 2.05) is 70.2 Å². The molecule has 4 nitrogen and oxygen atoms in total. The van der Waals surface area contributed by atoms with Gasteiger partial charge in [0.25, 0.3) is 5.91 Å². The van der Waals surface area contributed by atoms with Crippen LogP contribution in [-0.2, 0) is 11.3 Å². The first-order chi connectivity index (χ1) is 12.4. The molecule has 2 amide bonds. The first kappa shape index (κ1) is 19.7. The summed E-state index contributed by atoms with van der Waals surface area (Å²) in [5.74, 6) is -0.0648. The largest absolute Gasteiger partial charge is 0.350 e. The minimum atomic E-state index is -0.550. The van der Waals surface area contributed by atoms with Crippen LogP contribution in [0.1, 0.15) is 47.3 Å². The van der Waals surface area contributed by atoms with Crippen molar-refractivity contribution < 1.29 is 9.59 Å². The zero-order chi connectivity index (χ0) is 19.1. The van der Waals surface area contributed by atoms with Gasteiger partial charge in [-0.3, -0.25) is 9.59 Å². The van der Waals surface area contributed by atoms with Crippen LogP contribution in [0.5, 0.6) is 0 Å². The Morgan fingerprint density at radius 1 is 0.923 bits per heavy atom. The quantitative estimate of drug-likeness (QED) is 0.797. The predicted molar refractivity (Wildman–Crippen MR) is 105 cm³/mol. The minimum Gasteiger partial charge on any atom is -0.350 e. The van der Waals surface area contributed by atoms with E-state index in [1.54, 1.807) is 6.07 Å². The number of hydrogen-bond acceptors (Lipinski definition) is 2. The Balaban J connectivity index is 2.06. The fourth-order valence-corrected chi connectivity index (χ4v) is 2.88. The lowest BCUT2D eigenvalue weighted by Crippen LogP contribution is -2.47. The molecule has 0 aromatic heterocycles. The standard InChI is InChI=1S/C22H28N2O2/c1-15(2)13-20(24-21(25)19-12-8-6-10-17(19)4)22(26)23-14-18-11-7-5-9-16(18)3/h5-12,15,20H,13-14H2,1-4H3,(H,23,26)(H,24,25)/t20-/m0/s1. The van der Waals surface area contributed by atoms with Crippen LogP contribution in [0.2, 0.25) is 0 Å². The van der Waals surface area contributed by atoms with Crippen molar-refractivity contribution in [3.63, 3.8) is 0 Å². The maximum absolute atomic E-state index is 12.7. The van der Waals surface area contributed by atoms with Crippen LogP contribution in [0, 0.1) is 19.8 Å². The van der Waals surface area contributed by atoms with E-state index in [0.29, 0.717) is 24.4 Å². The van der Waals surface area contributed by atoms with Gasteiger partial charge in [0.1, 0.15) is 6.04 Å². The van der Waals surface area contributed by atoms with E-state index >= 15 is 0 Å². The van der Waals surface area contributed by atoms with Gasteiger partial charge in [-0.2, -0.15) is 0 Å². The van der Waals surface area contributed by atoms with E-state index in [9.17, 15) is 9.59 Å². The van der Waals surface area contributed by atoms with Crippen LogP contribution in [-0.4, -0.2) is 17.9 Å². The molecule has 2 aromatic rings.